The van der Waals surface area contributed by atoms with Gasteiger partial charge < -0.3 is 0 Å². The molecule has 1 aromatic carbocycles. The molecule has 1 fully saturated rings. The zero-order valence-corrected chi connectivity index (χ0v) is 10.6. The van der Waals surface area contributed by atoms with Crippen LogP contribution < -0.4 is 0 Å². The largest absolute Gasteiger partial charge is 0.300 e. The van der Waals surface area contributed by atoms with Crippen LogP contribution in [0.4, 0.5) is 0 Å². The maximum absolute atomic E-state index is 11.2. The predicted molar refractivity (Wildman–Crippen MR) is 68.6 cm³/mol. The Hall–Kier alpha value is -1.11. The van der Waals surface area contributed by atoms with Gasteiger partial charge in [0.15, 0.2) is 0 Å². The third-order valence-electron chi connectivity index (χ3n) is 3.38. The summed E-state index contributed by atoms with van der Waals surface area (Å²) in [4.78, 5) is 11.2. The first-order valence-electron chi connectivity index (χ1n) is 6.28. The summed E-state index contributed by atoms with van der Waals surface area (Å²) in [5.74, 6) is 0.429. The summed E-state index contributed by atoms with van der Waals surface area (Å²) in [5.41, 5.74) is 1.61. The molecule has 1 nitrogen and oxygen atoms in total. The van der Waals surface area contributed by atoms with Crippen LogP contribution in [0.5, 0.6) is 0 Å². The van der Waals surface area contributed by atoms with Crippen LogP contribution in [0, 0.1) is 0 Å². The molecular weight excluding hydrogens is 196 g/mol. The molecule has 0 N–H and O–H groups in total. The van der Waals surface area contributed by atoms with E-state index in [1.165, 1.54) is 5.56 Å². The second-order valence-electron chi connectivity index (χ2n) is 4.47. The minimum Gasteiger partial charge on any atom is -0.300 e. The number of rotatable bonds is 1. The minimum absolute atomic E-state index is 0.231. The lowest BCUT2D eigenvalue weighted by molar-refractivity contribution is -0.121. The number of carbonyl (C=O) groups excluding carboxylic acids is 1. The molecule has 1 saturated carbocycles. The Morgan fingerprint density at radius 2 is 1.50 bits per heavy atom. The molecule has 88 valence electrons. The van der Waals surface area contributed by atoms with Crippen molar-refractivity contribution in [2.45, 2.75) is 51.9 Å². The molecule has 1 aromatic rings. The molecule has 0 aliphatic heterocycles. The Labute approximate surface area is 98.9 Å². The predicted octanol–water partition coefficient (Wildman–Crippen LogP) is 4.11. The van der Waals surface area contributed by atoms with Crippen molar-refractivity contribution < 1.29 is 4.79 Å². The summed E-state index contributed by atoms with van der Waals surface area (Å²) in [6.45, 7) is 6.27. The van der Waals surface area contributed by atoms with Gasteiger partial charge in [0.1, 0.15) is 5.78 Å². The Morgan fingerprint density at radius 1 is 1.00 bits per heavy atom. The Morgan fingerprint density at radius 3 is 2.00 bits per heavy atom. The van der Waals surface area contributed by atoms with Crippen molar-refractivity contribution in [1.29, 1.82) is 0 Å². The van der Waals surface area contributed by atoms with Gasteiger partial charge >= 0.3 is 0 Å². The molecule has 1 aliphatic carbocycles. The molecule has 0 saturated heterocycles. The van der Waals surface area contributed by atoms with Crippen molar-refractivity contribution >= 4 is 5.78 Å². The van der Waals surface area contributed by atoms with Crippen molar-refractivity contribution in [3.8, 4) is 0 Å². The molecule has 0 unspecified atom stereocenters. The van der Waals surface area contributed by atoms with Crippen LogP contribution in [0.3, 0.4) is 0 Å². The lowest BCUT2D eigenvalue weighted by Gasteiger charge is -2.33. The Bertz CT molecular complexity index is 317. The van der Waals surface area contributed by atoms with Gasteiger partial charge in [-0.25, -0.2) is 0 Å². The van der Waals surface area contributed by atoms with E-state index in [0.29, 0.717) is 5.78 Å². The van der Waals surface area contributed by atoms with Crippen molar-refractivity contribution in [2.75, 3.05) is 0 Å². The first-order chi connectivity index (χ1) is 7.71. The van der Waals surface area contributed by atoms with Crippen LogP contribution >= 0.6 is 0 Å². The topological polar surface area (TPSA) is 17.1 Å². The highest BCUT2D eigenvalue weighted by Crippen LogP contribution is 2.37. The Balaban J connectivity index is 0.000000606. The number of Topliss-reactive ketones (excluding diaryl/α,β-unsaturated/α-hetero) is 1. The quantitative estimate of drug-likeness (QED) is 0.693. The van der Waals surface area contributed by atoms with E-state index in [9.17, 15) is 4.79 Å². The summed E-state index contributed by atoms with van der Waals surface area (Å²) in [6, 6.07) is 10.6. The molecule has 0 heterocycles. The van der Waals surface area contributed by atoms with Gasteiger partial charge in [-0.1, -0.05) is 51.1 Å². The second kappa shape index (κ2) is 5.83. The first kappa shape index (κ1) is 13.0. The van der Waals surface area contributed by atoms with Gasteiger partial charge in [-0.15, -0.1) is 0 Å². The van der Waals surface area contributed by atoms with E-state index in [1.807, 2.05) is 19.9 Å². The fraction of sp³-hybridized carbons (Fsp3) is 0.533. The summed E-state index contributed by atoms with van der Waals surface area (Å²) in [5, 5.41) is 0. The van der Waals surface area contributed by atoms with Crippen LogP contribution in [0.25, 0.3) is 0 Å². The van der Waals surface area contributed by atoms with E-state index in [0.717, 1.165) is 25.7 Å². The second-order valence-corrected chi connectivity index (χ2v) is 4.47. The molecule has 0 aromatic heterocycles. The van der Waals surface area contributed by atoms with Crippen LogP contribution in [0.15, 0.2) is 30.3 Å². The van der Waals surface area contributed by atoms with Crippen molar-refractivity contribution in [2.24, 2.45) is 0 Å². The monoisotopic (exact) mass is 218 g/mol. The highest BCUT2D eigenvalue weighted by molar-refractivity contribution is 5.79. The van der Waals surface area contributed by atoms with Crippen LogP contribution in [0.2, 0.25) is 0 Å². The van der Waals surface area contributed by atoms with Gasteiger partial charge in [-0.05, 0) is 23.8 Å². The smallest absolute Gasteiger partial charge is 0.132 e. The normalized spacial score (nSPS) is 18.6. The molecule has 1 aliphatic rings. The van der Waals surface area contributed by atoms with Gasteiger partial charge in [-0.3, -0.25) is 4.79 Å². The highest BCUT2D eigenvalue weighted by Gasteiger charge is 2.31. The van der Waals surface area contributed by atoms with Crippen LogP contribution in [-0.2, 0) is 10.2 Å². The zero-order valence-electron chi connectivity index (χ0n) is 10.6. The summed E-state index contributed by atoms with van der Waals surface area (Å²) < 4.78 is 0. The van der Waals surface area contributed by atoms with E-state index >= 15 is 0 Å². The maximum atomic E-state index is 11.2. The molecule has 0 bridgehead atoms. The van der Waals surface area contributed by atoms with Crippen molar-refractivity contribution in [1.82, 2.24) is 0 Å². The molecule has 0 spiro atoms. The molecular formula is C15H22O. The third kappa shape index (κ3) is 2.94. The standard InChI is InChI=1S/C13H16O.C2H6/c1-13(9-7-12(14)8-10-13)11-5-3-2-4-6-11;1-2/h2-6H,7-10H2,1H3;1-2H3. The molecule has 0 radical (unpaired) electrons. The third-order valence-corrected chi connectivity index (χ3v) is 3.38. The van der Waals surface area contributed by atoms with Crippen molar-refractivity contribution in [3.05, 3.63) is 35.9 Å². The fourth-order valence-electron chi connectivity index (χ4n) is 2.21. The SMILES string of the molecule is CC.CC1(c2ccccc2)CCC(=O)CC1. The number of hydrogen-bond acceptors (Lipinski definition) is 1. The van der Waals surface area contributed by atoms with Gasteiger partial charge in [0.05, 0.1) is 0 Å². The molecule has 2 rings (SSSR count). The van der Waals surface area contributed by atoms with E-state index < -0.39 is 0 Å². The van der Waals surface area contributed by atoms with Crippen LogP contribution in [0.1, 0.15) is 52.0 Å². The first-order valence-corrected chi connectivity index (χ1v) is 6.28. The van der Waals surface area contributed by atoms with Crippen molar-refractivity contribution in [3.63, 3.8) is 0 Å². The van der Waals surface area contributed by atoms with E-state index in [2.05, 4.69) is 31.2 Å². The Kier molecular flexibility index (Phi) is 4.72. The summed E-state index contributed by atoms with van der Waals surface area (Å²) in [6.07, 6.45) is 3.53. The summed E-state index contributed by atoms with van der Waals surface area (Å²) >= 11 is 0. The van der Waals surface area contributed by atoms with E-state index in [4.69, 9.17) is 0 Å². The fourth-order valence-corrected chi connectivity index (χ4v) is 2.21. The maximum Gasteiger partial charge on any atom is 0.132 e. The molecule has 0 atom stereocenters. The number of benzene rings is 1. The van der Waals surface area contributed by atoms with E-state index in [-0.39, 0.29) is 5.41 Å². The highest BCUT2D eigenvalue weighted by atomic mass is 16.1. The van der Waals surface area contributed by atoms with Gasteiger partial charge in [0.25, 0.3) is 0 Å². The van der Waals surface area contributed by atoms with Crippen LogP contribution in [-0.4, -0.2) is 5.78 Å². The zero-order chi connectivity index (χ0) is 12.0. The molecule has 0 amide bonds. The summed E-state index contributed by atoms with van der Waals surface area (Å²) in [7, 11) is 0. The van der Waals surface area contributed by atoms with Gasteiger partial charge in [-0.2, -0.15) is 0 Å². The average molecular weight is 218 g/mol. The molecule has 16 heavy (non-hydrogen) atoms. The minimum atomic E-state index is 0.231. The number of carbonyl (C=O) groups is 1. The van der Waals surface area contributed by atoms with Gasteiger partial charge in [0, 0.05) is 12.8 Å². The number of hydrogen-bond donors (Lipinski definition) is 0. The average Bonchev–Trinajstić information content (AvgIpc) is 2.37. The lowest BCUT2D eigenvalue weighted by atomic mass is 9.71. The lowest BCUT2D eigenvalue weighted by Crippen LogP contribution is -2.28. The van der Waals surface area contributed by atoms with E-state index in [1.54, 1.807) is 0 Å². The molecule has 1 heteroatoms. The number of ketones is 1. The van der Waals surface area contributed by atoms with Gasteiger partial charge in [0.2, 0.25) is 0 Å².